The van der Waals surface area contributed by atoms with E-state index in [1.165, 1.54) is 16.5 Å². The summed E-state index contributed by atoms with van der Waals surface area (Å²) in [7, 11) is 0. The molecule has 2 atom stereocenters. The zero-order valence-electron chi connectivity index (χ0n) is 11.4. The summed E-state index contributed by atoms with van der Waals surface area (Å²) in [6, 6.07) is 11.5. The minimum absolute atomic E-state index is 0.389. The Morgan fingerprint density at radius 3 is 3.10 bits per heavy atom. The number of pyridine rings is 1. The van der Waals surface area contributed by atoms with Crippen molar-refractivity contribution < 1.29 is 4.74 Å². The molecule has 0 spiro atoms. The van der Waals surface area contributed by atoms with E-state index in [2.05, 4.69) is 40.6 Å². The SMILES string of the molecule is C1=C(Cc2cccc3cccnc23)CC2COCC1N2. The Bertz CT molecular complexity index is 660. The molecule has 1 saturated heterocycles. The molecule has 2 aromatic rings. The summed E-state index contributed by atoms with van der Waals surface area (Å²) in [5.74, 6) is 0. The lowest BCUT2D eigenvalue weighted by atomic mass is 9.91. The number of benzene rings is 1. The lowest BCUT2D eigenvalue weighted by Gasteiger charge is -2.35. The predicted molar refractivity (Wildman–Crippen MR) is 79.7 cm³/mol. The van der Waals surface area contributed by atoms with Gasteiger partial charge < -0.3 is 10.1 Å². The van der Waals surface area contributed by atoms with E-state index in [-0.39, 0.29) is 0 Å². The van der Waals surface area contributed by atoms with E-state index in [9.17, 15) is 0 Å². The topological polar surface area (TPSA) is 34.1 Å². The van der Waals surface area contributed by atoms with Crippen molar-refractivity contribution in [1.82, 2.24) is 10.3 Å². The monoisotopic (exact) mass is 266 g/mol. The number of nitrogens with one attached hydrogen (secondary N) is 1. The van der Waals surface area contributed by atoms with Gasteiger partial charge >= 0.3 is 0 Å². The van der Waals surface area contributed by atoms with Crippen molar-refractivity contribution in [2.24, 2.45) is 0 Å². The normalized spacial score (nSPS) is 25.5. The van der Waals surface area contributed by atoms with Crippen molar-refractivity contribution in [3.63, 3.8) is 0 Å². The third-order valence-corrected chi connectivity index (χ3v) is 4.15. The van der Waals surface area contributed by atoms with E-state index in [4.69, 9.17) is 4.74 Å². The third kappa shape index (κ3) is 2.23. The second-order valence-electron chi connectivity index (χ2n) is 5.71. The summed E-state index contributed by atoms with van der Waals surface area (Å²) in [6.07, 6.45) is 6.31. The van der Waals surface area contributed by atoms with Gasteiger partial charge in [-0.2, -0.15) is 0 Å². The molecule has 1 aromatic heterocycles. The molecule has 20 heavy (non-hydrogen) atoms. The number of ether oxygens (including phenoxy) is 1. The van der Waals surface area contributed by atoms with Crippen molar-refractivity contribution >= 4 is 10.9 Å². The van der Waals surface area contributed by atoms with Gasteiger partial charge in [-0.25, -0.2) is 0 Å². The van der Waals surface area contributed by atoms with Crippen molar-refractivity contribution in [1.29, 1.82) is 0 Å². The number of morpholine rings is 1. The number of para-hydroxylation sites is 1. The molecule has 0 aliphatic carbocycles. The van der Waals surface area contributed by atoms with Gasteiger partial charge in [0, 0.05) is 23.7 Å². The lowest BCUT2D eigenvalue weighted by Crippen LogP contribution is -2.50. The standard InChI is InChI=1S/C17H18N2O/c1-3-13-5-2-6-18-17(13)14(4-1)7-12-8-15-10-20-11-16(9-12)19-15/h1-6,8,15-16,19H,7,9-11H2. The number of fused-ring (bicyclic) bond motifs is 3. The Morgan fingerprint density at radius 2 is 2.15 bits per heavy atom. The van der Waals surface area contributed by atoms with Crippen LogP contribution in [0.5, 0.6) is 0 Å². The lowest BCUT2D eigenvalue weighted by molar-refractivity contribution is 0.0528. The van der Waals surface area contributed by atoms with Crippen LogP contribution >= 0.6 is 0 Å². The fourth-order valence-corrected chi connectivity index (χ4v) is 3.31. The maximum Gasteiger partial charge on any atom is 0.0737 e. The zero-order chi connectivity index (χ0) is 13.4. The molecule has 4 rings (SSSR count). The highest BCUT2D eigenvalue weighted by Gasteiger charge is 2.26. The van der Waals surface area contributed by atoms with Crippen LogP contribution in [-0.2, 0) is 11.2 Å². The highest BCUT2D eigenvalue weighted by molar-refractivity contribution is 5.81. The molecular formula is C17H18N2O. The third-order valence-electron chi connectivity index (χ3n) is 4.15. The quantitative estimate of drug-likeness (QED) is 0.848. The van der Waals surface area contributed by atoms with Gasteiger partial charge in [-0.05, 0) is 24.5 Å². The molecular weight excluding hydrogens is 248 g/mol. The minimum Gasteiger partial charge on any atom is -0.378 e. The fourth-order valence-electron chi connectivity index (χ4n) is 3.31. The van der Waals surface area contributed by atoms with E-state index < -0.39 is 0 Å². The molecule has 2 aliphatic rings. The second kappa shape index (κ2) is 5.00. The van der Waals surface area contributed by atoms with Crippen LogP contribution in [0.15, 0.2) is 48.2 Å². The Morgan fingerprint density at radius 1 is 1.20 bits per heavy atom. The number of aromatic nitrogens is 1. The maximum absolute atomic E-state index is 5.59. The van der Waals surface area contributed by atoms with Crippen molar-refractivity contribution in [3.05, 3.63) is 53.7 Å². The van der Waals surface area contributed by atoms with E-state index in [1.807, 2.05) is 12.3 Å². The molecule has 2 bridgehead atoms. The van der Waals surface area contributed by atoms with E-state index in [1.54, 1.807) is 0 Å². The van der Waals surface area contributed by atoms with Crippen LogP contribution in [0, 0.1) is 0 Å². The molecule has 3 nitrogen and oxygen atoms in total. The Kier molecular flexibility index (Phi) is 3.02. The summed E-state index contributed by atoms with van der Waals surface area (Å²) in [6.45, 7) is 1.63. The first-order valence-corrected chi connectivity index (χ1v) is 7.24. The van der Waals surface area contributed by atoms with Gasteiger partial charge in [0.25, 0.3) is 0 Å². The molecule has 1 aromatic carbocycles. The largest absolute Gasteiger partial charge is 0.378 e. The molecule has 0 radical (unpaired) electrons. The van der Waals surface area contributed by atoms with Gasteiger partial charge in [-0.3, -0.25) is 4.98 Å². The molecule has 1 fully saturated rings. The molecule has 0 amide bonds. The van der Waals surface area contributed by atoms with Crippen LogP contribution in [0.3, 0.4) is 0 Å². The van der Waals surface area contributed by atoms with Crippen LogP contribution in [0.2, 0.25) is 0 Å². The molecule has 2 aliphatic heterocycles. The van der Waals surface area contributed by atoms with Crippen molar-refractivity contribution in [2.75, 3.05) is 13.2 Å². The zero-order valence-corrected chi connectivity index (χ0v) is 11.4. The fraction of sp³-hybridized carbons (Fsp3) is 0.353. The van der Waals surface area contributed by atoms with E-state index in [0.29, 0.717) is 12.1 Å². The minimum atomic E-state index is 0.389. The maximum atomic E-state index is 5.59. The van der Waals surface area contributed by atoms with Gasteiger partial charge in [-0.15, -0.1) is 0 Å². The summed E-state index contributed by atoms with van der Waals surface area (Å²) in [4.78, 5) is 4.55. The number of nitrogens with zero attached hydrogens (tertiary/aromatic N) is 1. The number of hydrogen-bond acceptors (Lipinski definition) is 3. The van der Waals surface area contributed by atoms with Crippen LogP contribution in [0.4, 0.5) is 0 Å². The predicted octanol–water partition coefficient (Wildman–Crippen LogP) is 2.46. The van der Waals surface area contributed by atoms with Crippen LogP contribution in [-0.4, -0.2) is 30.3 Å². The first kappa shape index (κ1) is 12.1. The highest BCUT2D eigenvalue weighted by Crippen LogP contribution is 2.24. The van der Waals surface area contributed by atoms with Crippen LogP contribution in [0.25, 0.3) is 10.9 Å². The summed E-state index contributed by atoms with van der Waals surface area (Å²) >= 11 is 0. The van der Waals surface area contributed by atoms with Gasteiger partial charge in [0.2, 0.25) is 0 Å². The first-order valence-electron chi connectivity index (χ1n) is 7.24. The number of rotatable bonds is 2. The van der Waals surface area contributed by atoms with E-state index >= 15 is 0 Å². The van der Waals surface area contributed by atoms with Gasteiger partial charge in [-0.1, -0.05) is 35.9 Å². The molecule has 0 saturated carbocycles. The van der Waals surface area contributed by atoms with E-state index in [0.717, 1.165) is 31.6 Å². The number of hydrogen-bond donors (Lipinski definition) is 1. The van der Waals surface area contributed by atoms with Gasteiger partial charge in [0.05, 0.1) is 18.7 Å². The van der Waals surface area contributed by atoms with Gasteiger partial charge in [0.1, 0.15) is 0 Å². The van der Waals surface area contributed by atoms with Crippen LogP contribution in [0.1, 0.15) is 12.0 Å². The molecule has 1 N–H and O–H groups in total. The van der Waals surface area contributed by atoms with Gasteiger partial charge in [0.15, 0.2) is 0 Å². The smallest absolute Gasteiger partial charge is 0.0737 e. The first-order chi connectivity index (χ1) is 9.88. The summed E-state index contributed by atoms with van der Waals surface area (Å²) in [5, 5.41) is 4.81. The molecule has 2 unspecified atom stereocenters. The second-order valence-corrected chi connectivity index (χ2v) is 5.71. The Labute approximate surface area is 118 Å². The Hall–Kier alpha value is -1.71. The average Bonchev–Trinajstić information content (AvgIpc) is 2.47. The molecule has 102 valence electrons. The average molecular weight is 266 g/mol. The molecule has 3 heterocycles. The van der Waals surface area contributed by atoms with Crippen LogP contribution < -0.4 is 5.32 Å². The summed E-state index contributed by atoms with van der Waals surface area (Å²) < 4.78 is 5.59. The van der Waals surface area contributed by atoms with Crippen molar-refractivity contribution in [3.8, 4) is 0 Å². The summed E-state index contributed by atoms with van der Waals surface area (Å²) in [5.41, 5.74) is 3.98. The highest BCUT2D eigenvalue weighted by atomic mass is 16.5. The Balaban J connectivity index is 1.66. The molecule has 3 heteroatoms. The van der Waals surface area contributed by atoms with Crippen molar-refractivity contribution in [2.45, 2.75) is 24.9 Å².